The molecule has 0 aliphatic heterocycles. The van der Waals surface area contributed by atoms with Crippen molar-refractivity contribution in [3.8, 4) is 11.5 Å². The highest BCUT2D eigenvalue weighted by Gasteiger charge is 2.09. The van der Waals surface area contributed by atoms with Crippen molar-refractivity contribution in [2.75, 3.05) is 39.2 Å². The predicted molar refractivity (Wildman–Crippen MR) is 92.0 cm³/mol. The molecule has 0 aliphatic carbocycles. The summed E-state index contributed by atoms with van der Waals surface area (Å²) < 4.78 is 10.5. The molecule has 0 heterocycles. The van der Waals surface area contributed by atoms with E-state index in [0.29, 0.717) is 30.0 Å². The van der Waals surface area contributed by atoms with Crippen molar-refractivity contribution in [2.45, 2.75) is 26.8 Å². The monoisotopic (exact) mass is 308 g/mol. The molecule has 0 saturated carbocycles. The van der Waals surface area contributed by atoms with Gasteiger partial charge in [0.15, 0.2) is 17.5 Å². The Balaban J connectivity index is 2.67. The number of guanidine groups is 1. The van der Waals surface area contributed by atoms with Crippen LogP contribution in [0.2, 0.25) is 0 Å². The number of hydrogen-bond donors (Lipinski definition) is 2. The minimum Gasteiger partial charge on any atom is -0.493 e. The summed E-state index contributed by atoms with van der Waals surface area (Å²) in [6, 6.07) is 5.89. The van der Waals surface area contributed by atoms with Gasteiger partial charge >= 0.3 is 0 Å². The summed E-state index contributed by atoms with van der Waals surface area (Å²) in [5.41, 5.74) is 6.76. The van der Waals surface area contributed by atoms with Crippen LogP contribution >= 0.6 is 0 Å². The number of anilines is 1. The lowest BCUT2D eigenvalue weighted by molar-refractivity contribution is 0.237. The summed E-state index contributed by atoms with van der Waals surface area (Å²) in [7, 11) is 3.21. The number of aliphatic imine (C=N–C) groups is 1. The predicted octanol–water partition coefficient (Wildman–Crippen LogP) is 2.16. The Bertz CT molecular complexity index is 487. The lowest BCUT2D eigenvalue weighted by Crippen LogP contribution is -2.36. The van der Waals surface area contributed by atoms with E-state index in [1.807, 2.05) is 18.2 Å². The Morgan fingerprint density at radius 2 is 1.86 bits per heavy atom. The van der Waals surface area contributed by atoms with Crippen LogP contribution in [-0.4, -0.2) is 50.8 Å². The van der Waals surface area contributed by atoms with Crippen LogP contribution in [-0.2, 0) is 0 Å². The lowest BCUT2D eigenvalue weighted by Gasteiger charge is -2.24. The topological polar surface area (TPSA) is 72.1 Å². The first-order chi connectivity index (χ1) is 10.5. The zero-order valence-corrected chi connectivity index (χ0v) is 14.2. The highest BCUT2D eigenvalue weighted by molar-refractivity contribution is 5.92. The van der Waals surface area contributed by atoms with Gasteiger partial charge in [0.05, 0.1) is 20.8 Å². The number of nitrogens with two attached hydrogens (primary N) is 1. The summed E-state index contributed by atoms with van der Waals surface area (Å²) in [4.78, 5) is 6.74. The fourth-order valence-electron chi connectivity index (χ4n) is 2.29. The van der Waals surface area contributed by atoms with Gasteiger partial charge in [-0.3, -0.25) is 9.89 Å². The molecule has 6 nitrogen and oxygen atoms in total. The van der Waals surface area contributed by atoms with E-state index in [0.717, 1.165) is 18.8 Å². The van der Waals surface area contributed by atoms with Crippen LogP contribution in [0.3, 0.4) is 0 Å². The van der Waals surface area contributed by atoms with Gasteiger partial charge in [-0.1, -0.05) is 13.8 Å². The van der Waals surface area contributed by atoms with Crippen molar-refractivity contribution in [3.05, 3.63) is 18.2 Å². The van der Waals surface area contributed by atoms with Crippen LogP contribution in [0.1, 0.15) is 20.8 Å². The fraction of sp³-hybridized carbons (Fsp3) is 0.562. The summed E-state index contributed by atoms with van der Waals surface area (Å²) in [6.45, 7) is 9.13. The number of likely N-dealkylation sites (N-methyl/N-ethyl adjacent to an activating group) is 1. The number of nitrogens with zero attached hydrogens (tertiary/aromatic N) is 2. The number of benzene rings is 1. The molecule has 1 rings (SSSR count). The minimum atomic E-state index is 0.362. The molecular weight excluding hydrogens is 280 g/mol. The zero-order valence-electron chi connectivity index (χ0n) is 14.2. The average molecular weight is 308 g/mol. The smallest absolute Gasteiger partial charge is 0.193 e. The van der Waals surface area contributed by atoms with Crippen LogP contribution < -0.4 is 20.5 Å². The third kappa shape index (κ3) is 5.11. The van der Waals surface area contributed by atoms with Gasteiger partial charge in [-0.25, -0.2) is 0 Å². The third-order valence-electron chi connectivity index (χ3n) is 3.62. The zero-order chi connectivity index (χ0) is 16.5. The van der Waals surface area contributed by atoms with Crippen LogP contribution in [0.25, 0.3) is 0 Å². The van der Waals surface area contributed by atoms with Crippen molar-refractivity contribution in [1.29, 1.82) is 0 Å². The Kier molecular flexibility index (Phi) is 7.52. The molecule has 6 heteroatoms. The number of hydrogen-bond acceptors (Lipinski definition) is 4. The van der Waals surface area contributed by atoms with Gasteiger partial charge in [0.2, 0.25) is 0 Å². The lowest BCUT2D eigenvalue weighted by atomic mass is 10.2. The van der Waals surface area contributed by atoms with E-state index in [1.165, 1.54) is 0 Å². The van der Waals surface area contributed by atoms with Gasteiger partial charge in [-0.2, -0.15) is 0 Å². The molecule has 0 radical (unpaired) electrons. The molecule has 0 bridgehead atoms. The molecule has 0 fully saturated rings. The van der Waals surface area contributed by atoms with Crippen molar-refractivity contribution in [2.24, 2.45) is 10.7 Å². The fourth-order valence-corrected chi connectivity index (χ4v) is 2.29. The molecule has 1 aromatic carbocycles. The van der Waals surface area contributed by atoms with Crippen LogP contribution in [0.5, 0.6) is 11.5 Å². The average Bonchev–Trinajstić information content (AvgIpc) is 2.53. The number of nitrogens with one attached hydrogen (secondary N) is 1. The van der Waals surface area contributed by atoms with E-state index in [2.05, 4.69) is 36.0 Å². The summed E-state index contributed by atoms with van der Waals surface area (Å²) in [5.74, 6) is 1.72. The maximum Gasteiger partial charge on any atom is 0.193 e. The number of methoxy groups -OCH3 is 2. The summed E-state index contributed by atoms with van der Waals surface area (Å²) >= 11 is 0. The van der Waals surface area contributed by atoms with Gasteiger partial charge in [-0.15, -0.1) is 0 Å². The molecule has 0 spiro atoms. The third-order valence-corrected chi connectivity index (χ3v) is 3.62. The van der Waals surface area contributed by atoms with Crippen LogP contribution in [0, 0.1) is 0 Å². The molecule has 124 valence electrons. The molecule has 0 aliphatic rings. The second kappa shape index (κ2) is 9.15. The molecule has 1 atom stereocenters. The van der Waals surface area contributed by atoms with E-state index in [9.17, 15) is 0 Å². The standard InChI is InChI=1S/C16H28N4O2/c1-6-20(7-2)12(3)11-18-16(17)19-13-8-9-14(21-4)15(10-13)22-5/h8-10,12H,6-7,11H2,1-5H3,(H3,17,18,19). The van der Waals surface area contributed by atoms with Gasteiger partial charge in [-0.05, 0) is 32.1 Å². The van der Waals surface area contributed by atoms with Crippen molar-refractivity contribution in [1.82, 2.24) is 4.90 Å². The van der Waals surface area contributed by atoms with Gasteiger partial charge in [0, 0.05) is 17.8 Å². The Morgan fingerprint density at radius 3 is 2.41 bits per heavy atom. The largest absolute Gasteiger partial charge is 0.493 e. The highest BCUT2D eigenvalue weighted by Crippen LogP contribution is 2.29. The summed E-state index contributed by atoms with van der Waals surface area (Å²) in [5, 5.41) is 3.07. The number of rotatable bonds is 8. The van der Waals surface area contributed by atoms with E-state index in [1.54, 1.807) is 14.2 Å². The first-order valence-corrected chi connectivity index (χ1v) is 7.58. The first kappa shape index (κ1) is 18.1. The first-order valence-electron chi connectivity index (χ1n) is 7.58. The van der Waals surface area contributed by atoms with E-state index < -0.39 is 0 Å². The summed E-state index contributed by atoms with van der Waals surface area (Å²) in [6.07, 6.45) is 0. The SMILES string of the molecule is CCN(CC)C(C)CN=C(N)Nc1ccc(OC)c(OC)c1. The molecular formula is C16H28N4O2. The van der Waals surface area contributed by atoms with Gasteiger partial charge < -0.3 is 20.5 Å². The second-order valence-corrected chi connectivity index (χ2v) is 4.99. The molecule has 3 N–H and O–H groups in total. The van der Waals surface area contributed by atoms with E-state index in [4.69, 9.17) is 15.2 Å². The van der Waals surface area contributed by atoms with Crippen LogP contribution in [0.15, 0.2) is 23.2 Å². The molecule has 0 saturated heterocycles. The van der Waals surface area contributed by atoms with Crippen LogP contribution in [0.4, 0.5) is 5.69 Å². The maximum atomic E-state index is 5.95. The number of ether oxygens (including phenoxy) is 2. The highest BCUT2D eigenvalue weighted by atomic mass is 16.5. The molecule has 1 unspecified atom stereocenters. The van der Waals surface area contributed by atoms with E-state index in [-0.39, 0.29) is 0 Å². The minimum absolute atomic E-state index is 0.362. The molecule has 0 amide bonds. The van der Waals surface area contributed by atoms with E-state index >= 15 is 0 Å². The van der Waals surface area contributed by atoms with Crippen molar-refractivity contribution in [3.63, 3.8) is 0 Å². The second-order valence-electron chi connectivity index (χ2n) is 4.99. The molecule has 0 aromatic heterocycles. The maximum absolute atomic E-state index is 5.95. The molecule has 1 aromatic rings. The Morgan fingerprint density at radius 1 is 1.23 bits per heavy atom. The Hall–Kier alpha value is -1.95. The normalized spacial score (nSPS) is 13.1. The quantitative estimate of drug-likeness (QED) is 0.569. The Labute approximate surface area is 133 Å². The van der Waals surface area contributed by atoms with Gasteiger partial charge in [0.1, 0.15) is 0 Å². The van der Waals surface area contributed by atoms with Crippen molar-refractivity contribution >= 4 is 11.6 Å². The van der Waals surface area contributed by atoms with Crippen molar-refractivity contribution < 1.29 is 9.47 Å². The molecule has 22 heavy (non-hydrogen) atoms. The van der Waals surface area contributed by atoms with Gasteiger partial charge in [0.25, 0.3) is 0 Å².